The molecular formula is C10H8ClNO3. The van der Waals surface area contributed by atoms with E-state index < -0.39 is 5.97 Å². The van der Waals surface area contributed by atoms with Crippen molar-refractivity contribution in [2.45, 2.75) is 13.3 Å². The minimum Gasteiger partial charge on any atom is -0.481 e. The average Bonchev–Trinajstić information content (AvgIpc) is 2.49. The summed E-state index contributed by atoms with van der Waals surface area (Å²) in [6.45, 7) is 1.85. The maximum absolute atomic E-state index is 10.5. The van der Waals surface area contributed by atoms with E-state index in [9.17, 15) is 4.79 Å². The highest BCUT2D eigenvalue weighted by Crippen LogP contribution is 2.26. The fourth-order valence-electron chi connectivity index (χ4n) is 1.38. The van der Waals surface area contributed by atoms with E-state index in [1.807, 2.05) is 6.92 Å². The molecule has 0 fully saturated rings. The molecule has 0 atom stereocenters. The Bertz CT molecular complexity index is 533. The summed E-state index contributed by atoms with van der Waals surface area (Å²) in [6.07, 6.45) is -0.160. The molecule has 0 saturated heterocycles. The summed E-state index contributed by atoms with van der Waals surface area (Å²) in [5.74, 6) is -0.943. The Kier molecular flexibility index (Phi) is 2.36. The summed E-state index contributed by atoms with van der Waals surface area (Å²) < 4.78 is 5.01. The van der Waals surface area contributed by atoms with E-state index in [-0.39, 0.29) is 6.42 Å². The van der Waals surface area contributed by atoms with Crippen LogP contribution in [0.1, 0.15) is 11.3 Å². The van der Waals surface area contributed by atoms with Crippen molar-refractivity contribution in [3.63, 3.8) is 0 Å². The molecule has 4 nitrogen and oxygen atoms in total. The largest absolute Gasteiger partial charge is 0.481 e. The van der Waals surface area contributed by atoms with Gasteiger partial charge in [0.2, 0.25) is 0 Å². The Morgan fingerprint density at radius 3 is 3.00 bits per heavy atom. The van der Waals surface area contributed by atoms with Crippen molar-refractivity contribution in [3.05, 3.63) is 28.4 Å². The Hall–Kier alpha value is -1.55. The summed E-state index contributed by atoms with van der Waals surface area (Å²) in [4.78, 5) is 10.5. The molecular weight excluding hydrogens is 218 g/mol. The standard InChI is InChI=1S/C10H8ClNO3/c1-5-2-9-6(3-7(5)11)8(12-15-9)4-10(13)14/h2-3H,4H2,1H3,(H,13,14). The first-order chi connectivity index (χ1) is 7.08. The molecule has 0 aliphatic heterocycles. The van der Waals surface area contributed by atoms with E-state index in [1.54, 1.807) is 12.1 Å². The Morgan fingerprint density at radius 1 is 1.60 bits per heavy atom. The van der Waals surface area contributed by atoms with Gasteiger partial charge in [0.05, 0.1) is 6.42 Å². The lowest BCUT2D eigenvalue weighted by atomic mass is 10.1. The molecule has 0 aliphatic rings. The first kappa shape index (κ1) is 9.98. The zero-order valence-electron chi connectivity index (χ0n) is 7.95. The molecule has 1 N–H and O–H groups in total. The quantitative estimate of drug-likeness (QED) is 0.853. The fraction of sp³-hybridized carbons (Fsp3) is 0.200. The van der Waals surface area contributed by atoms with Gasteiger partial charge in [-0.05, 0) is 24.6 Å². The lowest BCUT2D eigenvalue weighted by molar-refractivity contribution is -0.136. The topological polar surface area (TPSA) is 63.3 Å². The molecule has 0 saturated carbocycles. The Morgan fingerprint density at radius 2 is 2.33 bits per heavy atom. The number of carbonyl (C=O) groups is 1. The molecule has 15 heavy (non-hydrogen) atoms. The molecule has 78 valence electrons. The molecule has 5 heteroatoms. The molecule has 0 amide bonds. The third-order valence-electron chi connectivity index (χ3n) is 2.14. The van der Waals surface area contributed by atoms with Crippen LogP contribution in [0.2, 0.25) is 5.02 Å². The minimum atomic E-state index is -0.943. The number of aryl methyl sites for hydroxylation is 1. The second kappa shape index (κ2) is 3.55. The number of nitrogens with zero attached hydrogens (tertiary/aromatic N) is 1. The summed E-state index contributed by atoms with van der Waals surface area (Å²) in [6, 6.07) is 3.43. The molecule has 0 unspecified atom stereocenters. The number of aliphatic carboxylic acids is 1. The second-order valence-corrected chi connectivity index (χ2v) is 3.70. The number of hydrogen-bond acceptors (Lipinski definition) is 3. The van der Waals surface area contributed by atoms with Crippen LogP contribution in [0.25, 0.3) is 11.0 Å². The van der Waals surface area contributed by atoms with Crippen LogP contribution >= 0.6 is 11.6 Å². The zero-order valence-corrected chi connectivity index (χ0v) is 8.71. The van der Waals surface area contributed by atoms with Gasteiger partial charge in [-0.3, -0.25) is 4.79 Å². The average molecular weight is 226 g/mol. The monoisotopic (exact) mass is 225 g/mol. The zero-order chi connectivity index (χ0) is 11.0. The van der Waals surface area contributed by atoms with Crippen LogP contribution in [-0.2, 0) is 11.2 Å². The van der Waals surface area contributed by atoms with Crippen molar-refractivity contribution in [1.82, 2.24) is 5.16 Å². The van der Waals surface area contributed by atoms with Gasteiger partial charge in [0.25, 0.3) is 0 Å². The summed E-state index contributed by atoms with van der Waals surface area (Å²) >= 11 is 5.94. The van der Waals surface area contributed by atoms with E-state index in [2.05, 4.69) is 5.16 Å². The van der Waals surface area contributed by atoms with Gasteiger partial charge in [0.15, 0.2) is 5.58 Å². The maximum atomic E-state index is 10.5. The third kappa shape index (κ3) is 1.80. The molecule has 0 radical (unpaired) electrons. The molecule has 0 spiro atoms. The van der Waals surface area contributed by atoms with E-state index in [0.29, 0.717) is 21.7 Å². The van der Waals surface area contributed by atoms with Gasteiger partial charge in [-0.1, -0.05) is 16.8 Å². The molecule has 0 aliphatic carbocycles. The van der Waals surface area contributed by atoms with E-state index in [1.165, 1.54) is 0 Å². The fourth-order valence-corrected chi connectivity index (χ4v) is 1.54. The predicted octanol–water partition coefficient (Wildman–Crippen LogP) is 2.42. The van der Waals surface area contributed by atoms with Gasteiger partial charge in [-0.2, -0.15) is 0 Å². The SMILES string of the molecule is Cc1cc2onc(CC(=O)O)c2cc1Cl. The highest BCUT2D eigenvalue weighted by atomic mass is 35.5. The molecule has 2 aromatic rings. The van der Waals surface area contributed by atoms with Crippen LogP contribution in [0.3, 0.4) is 0 Å². The number of fused-ring (bicyclic) bond motifs is 1. The van der Waals surface area contributed by atoms with Crippen molar-refractivity contribution in [3.8, 4) is 0 Å². The highest BCUT2D eigenvalue weighted by Gasteiger charge is 2.12. The first-order valence-electron chi connectivity index (χ1n) is 4.34. The number of hydrogen-bond donors (Lipinski definition) is 1. The highest BCUT2D eigenvalue weighted by molar-refractivity contribution is 6.32. The summed E-state index contributed by atoms with van der Waals surface area (Å²) in [5, 5.41) is 13.6. The number of benzene rings is 1. The maximum Gasteiger partial charge on any atom is 0.309 e. The van der Waals surface area contributed by atoms with E-state index in [4.69, 9.17) is 21.2 Å². The van der Waals surface area contributed by atoms with Crippen LogP contribution < -0.4 is 0 Å². The van der Waals surface area contributed by atoms with Crippen LogP contribution in [0, 0.1) is 6.92 Å². The van der Waals surface area contributed by atoms with Crippen molar-refractivity contribution < 1.29 is 14.4 Å². The van der Waals surface area contributed by atoms with Crippen molar-refractivity contribution in [2.75, 3.05) is 0 Å². The van der Waals surface area contributed by atoms with Gasteiger partial charge in [0, 0.05) is 10.4 Å². The number of carboxylic acid groups (broad SMARTS) is 1. The number of carboxylic acids is 1. The number of halogens is 1. The van der Waals surface area contributed by atoms with Gasteiger partial charge < -0.3 is 9.63 Å². The van der Waals surface area contributed by atoms with Crippen molar-refractivity contribution in [2.24, 2.45) is 0 Å². The molecule has 0 bridgehead atoms. The number of rotatable bonds is 2. The van der Waals surface area contributed by atoms with E-state index in [0.717, 1.165) is 5.56 Å². The number of aromatic nitrogens is 1. The minimum absolute atomic E-state index is 0.160. The van der Waals surface area contributed by atoms with Gasteiger partial charge in [0.1, 0.15) is 5.69 Å². The molecule has 2 rings (SSSR count). The van der Waals surface area contributed by atoms with Crippen molar-refractivity contribution >= 4 is 28.5 Å². The molecule has 1 aromatic heterocycles. The smallest absolute Gasteiger partial charge is 0.309 e. The summed E-state index contributed by atoms with van der Waals surface area (Å²) in [5.41, 5.74) is 1.84. The Balaban J connectivity index is 2.59. The lowest BCUT2D eigenvalue weighted by Crippen LogP contribution is -2.00. The molecule has 1 heterocycles. The Labute approximate surface area is 90.4 Å². The van der Waals surface area contributed by atoms with Gasteiger partial charge in [-0.25, -0.2) is 0 Å². The van der Waals surface area contributed by atoms with Crippen LogP contribution in [0.5, 0.6) is 0 Å². The van der Waals surface area contributed by atoms with Gasteiger partial charge >= 0.3 is 5.97 Å². The lowest BCUT2D eigenvalue weighted by Gasteiger charge is -1.96. The molecule has 1 aromatic carbocycles. The van der Waals surface area contributed by atoms with Crippen LogP contribution in [-0.4, -0.2) is 16.2 Å². The normalized spacial score (nSPS) is 10.8. The predicted molar refractivity (Wildman–Crippen MR) is 55.1 cm³/mol. The van der Waals surface area contributed by atoms with E-state index >= 15 is 0 Å². The first-order valence-corrected chi connectivity index (χ1v) is 4.72. The van der Waals surface area contributed by atoms with Crippen molar-refractivity contribution in [1.29, 1.82) is 0 Å². The van der Waals surface area contributed by atoms with Gasteiger partial charge in [-0.15, -0.1) is 0 Å². The van der Waals surface area contributed by atoms with Crippen LogP contribution in [0.4, 0.5) is 0 Å². The second-order valence-electron chi connectivity index (χ2n) is 3.30. The third-order valence-corrected chi connectivity index (χ3v) is 2.55. The van der Waals surface area contributed by atoms with Crippen LogP contribution in [0.15, 0.2) is 16.7 Å². The summed E-state index contributed by atoms with van der Waals surface area (Å²) in [7, 11) is 0.